The maximum Gasteiger partial charge on any atom is 0.426 e. The number of carbonyl (C=O) groups is 2. The number of aromatic carboxylic acids is 1. The van der Waals surface area contributed by atoms with Crippen molar-refractivity contribution in [3.63, 3.8) is 0 Å². The average Bonchev–Trinajstić information content (AvgIpc) is 2.60. The lowest BCUT2D eigenvalue weighted by Gasteiger charge is -2.25. The topological polar surface area (TPSA) is 86.6 Å². The van der Waals surface area contributed by atoms with Crippen LogP contribution in [0.4, 0.5) is 18.9 Å². The van der Waals surface area contributed by atoms with E-state index in [4.69, 9.17) is 16.7 Å². The molecular formula is C18H15ClF3NO4S. The molecule has 0 spiro atoms. The maximum absolute atomic E-state index is 12.8. The maximum atomic E-state index is 12.8. The summed E-state index contributed by atoms with van der Waals surface area (Å²) < 4.78 is 38.3. The average molecular weight is 434 g/mol. The summed E-state index contributed by atoms with van der Waals surface area (Å²) in [5.41, 5.74) is -3.07. The molecular weight excluding hydrogens is 419 g/mol. The fourth-order valence-corrected chi connectivity index (χ4v) is 3.23. The third kappa shape index (κ3) is 4.60. The Kier molecular flexibility index (Phi) is 6.32. The smallest absolute Gasteiger partial charge is 0.426 e. The molecule has 5 nitrogen and oxygen atoms in total. The number of halogens is 4. The van der Waals surface area contributed by atoms with Crippen LogP contribution in [0.1, 0.15) is 22.8 Å². The second-order valence-electron chi connectivity index (χ2n) is 6.01. The molecule has 2 aromatic carbocycles. The molecule has 150 valence electrons. The number of rotatable bonds is 5. The molecule has 0 heterocycles. The van der Waals surface area contributed by atoms with Gasteiger partial charge in [0.15, 0.2) is 0 Å². The zero-order valence-electron chi connectivity index (χ0n) is 14.6. The van der Waals surface area contributed by atoms with Gasteiger partial charge in [0.25, 0.3) is 5.91 Å². The molecule has 1 atom stereocenters. The number of nitrogens with one attached hydrogen (secondary N) is 1. The van der Waals surface area contributed by atoms with Crippen LogP contribution in [0.15, 0.2) is 46.2 Å². The van der Waals surface area contributed by atoms with Crippen LogP contribution >= 0.6 is 23.4 Å². The summed E-state index contributed by atoms with van der Waals surface area (Å²) in [5.74, 6) is -2.68. The van der Waals surface area contributed by atoms with E-state index in [2.05, 4.69) is 0 Å². The molecule has 1 amide bonds. The van der Waals surface area contributed by atoms with E-state index in [1.807, 2.05) is 5.32 Å². The molecule has 10 heteroatoms. The fourth-order valence-electron chi connectivity index (χ4n) is 2.04. The summed E-state index contributed by atoms with van der Waals surface area (Å²) in [4.78, 5) is 24.0. The lowest BCUT2D eigenvalue weighted by Crippen LogP contribution is -2.52. The molecule has 0 bridgehead atoms. The standard InChI is InChI=1S/C18H15ClF3NO4S/c1-9-12(23-16(26)17(2,27)18(20,21)22)7-8-13(14(9)19)28-11-5-3-10(4-6-11)15(24)25/h3-8,27H,1-2H3,(H,23,26)(H,24,25). The van der Waals surface area contributed by atoms with Crippen LogP contribution in [0.2, 0.25) is 5.02 Å². The minimum Gasteiger partial charge on any atom is -0.478 e. The van der Waals surface area contributed by atoms with Crippen LogP contribution in [-0.4, -0.2) is 33.9 Å². The largest absolute Gasteiger partial charge is 0.478 e. The second kappa shape index (κ2) is 8.02. The summed E-state index contributed by atoms with van der Waals surface area (Å²) in [7, 11) is 0. The van der Waals surface area contributed by atoms with Crippen molar-refractivity contribution in [1.29, 1.82) is 0 Å². The van der Waals surface area contributed by atoms with Crippen molar-refractivity contribution in [2.24, 2.45) is 0 Å². The lowest BCUT2D eigenvalue weighted by atomic mass is 10.1. The van der Waals surface area contributed by atoms with Gasteiger partial charge in [0, 0.05) is 15.5 Å². The Morgan fingerprint density at radius 2 is 1.68 bits per heavy atom. The van der Waals surface area contributed by atoms with Crippen LogP contribution in [0.3, 0.4) is 0 Å². The van der Waals surface area contributed by atoms with Gasteiger partial charge in [-0.2, -0.15) is 13.2 Å². The minimum absolute atomic E-state index is 0.0325. The van der Waals surface area contributed by atoms with E-state index in [-0.39, 0.29) is 16.3 Å². The Bertz CT molecular complexity index is 914. The van der Waals surface area contributed by atoms with Crippen LogP contribution < -0.4 is 5.32 Å². The number of amides is 1. The monoisotopic (exact) mass is 433 g/mol. The second-order valence-corrected chi connectivity index (χ2v) is 7.50. The predicted octanol–water partition coefficient (Wildman–Crippen LogP) is 4.75. The van der Waals surface area contributed by atoms with E-state index in [1.165, 1.54) is 43.0 Å². The van der Waals surface area contributed by atoms with E-state index in [0.717, 1.165) is 0 Å². The summed E-state index contributed by atoms with van der Waals surface area (Å²) in [6, 6.07) is 8.92. The molecule has 28 heavy (non-hydrogen) atoms. The quantitative estimate of drug-likeness (QED) is 0.633. The van der Waals surface area contributed by atoms with E-state index < -0.39 is 23.7 Å². The van der Waals surface area contributed by atoms with Gasteiger partial charge in [0.1, 0.15) is 0 Å². The zero-order chi connectivity index (χ0) is 21.3. The number of carboxylic acids is 1. The normalized spacial score (nSPS) is 13.7. The van der Waals surface area contributed by atoms with Crippen molar-refractivity contribution in [2.75, 3.05) is 5.32 Å². The minimum atomic E-state index is -5.13. The van der Waals surface area contributed by atoms with Gasteiger partial charge in [-0.3, -0.25) is 4.79 Å². The molecule has 0 aliphatic carbocycles. The Morgan fingerprint density at radius 3 is 2.18 bits per heavy atom. The lowest BCUT2D eigenvalue weighted by molar-refractivity contribution is -0.242. The van der Waals surface area contributed by atoms with Gasteiger partial charge in [-0.1, -0.05) is 23.4 Å². The van der Waals surface area contributed by atoms with Gasteiger partial charge in [-0.25, -0.2) is 4.79 Å². The first-order chi connectivity index (χ1) is 12.8. The van der Waals surface area contributed by atoms with Gasteiger partial charge >= 0.3 is 12.1 Å². The Labute approximate surface area is 167 Å². The molecule has 2 rings (SSSR count). The fraction of sp³-hybridized carbons (Fsp3) is 0.222. The van der Waals surface area contributed by atoms with Crippen molar-refractivity contribution in [3.8, 4) is 0 Å². The predicted molar refractivity (Wildman–Crippen MR) is 99.0 cm³/mol. The first-order valence-electron chi connectivity index (χ1n) is 7.75. The van der Waals surface area contributed by atoms with Gasteiger partial charge < -0.3 is 15.5 Å². The summed E-state index contributed by atoms with van der Waals surface area (Å²) in [5, 5.41) is 20.6. The Balaban J connectivity index is 2.23. The number of alkyl halides is 3. The van der Waals surface area contributed by atoms with Crippen molar-refractivity contribution in [3.05, 3.63) is 52.5 Å². The first kappa shape index (κ1) is 22.1. The number of hydrogen-bond donors (Lipinski definition) is 3. The van der Waals surface area contributed by atoms with Crippen LogP contribution in [0, 0.1) is 6.92 Å². The number of hydrogen-bond acceptors (Lipinski definition) is 4. The highest BCUT2D eigenvalue weighted by Gasteiger charge is 2.55. The third-order valence-electron chi connectivity index (χ3n) is 3.92. The van der Waals surface area contributed by atoms with E-state index >= 15 is 0 Å². The van der Waals surface area contributed by atoms with Crippen molar-refractivity contribution in [1.82, 2.24) is 0 Å². The first-order valence-corrected chi connectivity index (χ1v) is 8.95. The summed E-state index contributed by atoms with van der Waals surface area (Å²) >= 11 is 7.49. The highest BCUT2D eigenvalue weighted by Crippen LogP contribution is 2.38. The van der Waals surface area contributed by atoms with Gasteiger partial charge in [-0.15, -0.1) is 0 Å². The summed E-state index contributed by atoms with van der Waals surface area (Å²) in [6.07, 6.45) is -5.13. The number of aliphatic hydroxyl groups is 1. The van der Waals surface area contributed by atoms with Crippen molar-refractivity contribution >= 4 is 40.9 Å². The van der Waals surface area contributed by atoms with Crippen molar-refractivity contribution < 1.29 is 33.0 Å². The zero-order valence-corrected chi connectivity index (χ0v) is 16.2. The molecule has 0 aliphatic rings. The van der Waals surface area contributed by atoms with Crippen molar-refractivity contribution in [2.45, 2.75) is 35.4 Å². The Hall–Kier alpha value is -2.23. The molecule has 0 fully saturated rings. The van der Waals surface area contributed by atoms with Gasteiger partial charge in [0.2, 0.25) is 5.60 Å². The van der Waals surface area contributed by atoms with Crippen LogP contribution in [-0.2, 0) is 4.79 Å². The number of anilines is 1. The van der Waals surface area contributed by atoms with Crippen LogP contribution in [0.5, 0.6) is 0 Å². The van der Waals surface area contributed by atoms with Gasteiger partial charge in [0.05, 0.1) is 10.6 Å². The molecule has 0 aliphatic heterocycles. The molecule has 0 saturated heterocycles. The molecule has 1 unspecified atom stereocenters. The molecule has 2 aromatic rings. The number of carboxylic acid groups (broad SMARTS) is 1. The third-order valence-corrected chi connectivity index (χ3v) is 5.59. The highest BCUT2D eigenvalue weighted by atomic mass is 35.5. The van der Waals surface area contributed by atoms with E-state index in [1.54, 1.807) is 12.1 Å². The molecule has 0 radical (unpaired) electrons. The Morgan fingerprint density at radius 1 is 1.11 bits per heavy atom. The molecule has 0 saturated carbocycles. The number of carbonyl (C=O) groups excluding carboxylic acids is 1. The van der Waals surface area contributed by atoms with E-state index in [0.29, 0.717) is 22.3 Å². The molecule has 0 aromatic heterocycles. The SMILES string of the molecule is Cc1c(NC(=O)C(C)(O)C(F)(F)F)ccc(Sc2ccc(C(=O)O)cc2)c1Cl. The van der Waals surface area contributed by atoms with Gasteiger partial charge in [-0.05, 0) is 55.8 Å². The summed E-state index contributed by atoms with van der Waals surface area (Å²) in [6.45, 7) is 1.88. The highest BCUT2D eigenvalue weighted by molar-refractivity contribution is 7.99. The van der Waals surface area contributed by atoms with Crippen LogP contribution in [0.25, 0.3) is 0 Å². The molecule has 3 N–H and O–H groups in total. The number of benzene rings is 2. The van der Waals surface area contributed by atoms with E-state index in [9.17, 15) is 27.9 Å².